The average Bonchev–Trinajstić information content (AvgIpc) is 3.22. The van der Waals surface area contributed by atoms with Crippen molar-refractivity contribution < 1.29 is 23.9 Å². The van der Waals surface area contributed by atoms with Crippen molar-refractivity contribution in [2.75, 3.05) is 13.2 Å². The van der Waals surface area contributed by atoms with E-state index in [2.05, 4.69) is 10.3 Å². The minimum atomic E-state index is -1.13. The molecule has 8 nitrogen and oxygen atoms in total. The molecule has 6 rings (SSSR count). The van der Waals surface area contributed by atoms with E-state index in [1.165, 1.54) is 38.5 Å². The number of nitrogens with zero attached hydrogens (tertiary/aromatic N) is 2. The Kier molecular flexibility index (Phi) is 6.79. The molecule has 0 radical (unpaired) electrons. The maximum absolute atomic E-state index is 13.3. The first-order valence-corrected chi connectivity index (χ1v) is 13.7. The van der Waals surface area contributed by atoms with E-state index in [0.29, 0.717) is 17.0 Å². The SMILES string of the molecule is CCOC(=O)C(Cc1cn2c(C(=O)NCC34CC5CC(CC(C5)C3)C4)cccc2n1)C(=O)OC(C)(C)C. The minimum absolute atomic E-state index is 0.0315. The molecule has 4 aliphatic rings. The molecule has 2 heterocycles. The summed E-state index contributed by atoms with van der Waals surface area (Å²) < 4.78 is 12.3. The van der Waals surface area contributed by atoms with Crippen LogP contribution < -0.4 is 5.32 Å². The highest BCUT2D eigenvalue weighted by Crippen LogP contribution is 2.59. The van der Waals surface area contributed by atoms with Gasteiger partial charge in [-0.25, -0.2) is 4.98 Å². The monoisotopic (exact) mass is 509 g/mol. The van der Waals surface area contributed by atoms with E-state index in [4.69, 9.17) is 9.47 Å². The predicted molar refractivity (Wildman–Crippen MR) is 138 cm³/mol. The summed E-state index contributed by atoms with van der Waals surface area (Å²) in [6.45, 7) is 7.85. The van der Waals surface area contributed by atoms with Crippen LogP contribution in [0.2, 0.25) is 0 Å². The smallest absolute Gasteiger partial charge is 0.321 e. The first-order valence-electron chi connectivity index (χ1n) is 13.7. The molecule has 4 bridgehead atoms. The van der Waals surface area contributed by atoms with Crippen LogP contribution in [-0.2, 0) is 25.5 Å². The van der Waals surface area contributed by atoms with Crippen molar-refractivity contribution >= 4 is 23.5 Å². The predicted octanol–water partition coefficient (Wildman–Crippen LogP) is 4.34. The topological polar surface area (TPSA) is 99.0 Å². The van der Waals surface area contributed by atoms with Gasteiger partial charge in [0, 0.05) is 19.2 Å². The second-order valence-corrected chi connectivity index (χ2v) is 12.5. The third-order valence-electron chi connectivity index (χ3n) is 8.24. The molecule has 0 saturated heterocycles. The highest BCUT2D eigenvalue weighted by atomic mass is 16.6. The van der Waals surface area contributed by atoms with Gasteiger partial charge in [0.15, 0.2) is 5.92 Å². The molecule has 1 unspecified atom stereocenters. The van der Waals surface area contributed by atoms with Gasteiger partial charge >= 0.3 is 11.9 Å². The molecular formula is C29H39N3O5. The van der Waals surface area contributed by atoms with E-state index >= 15 is 0 Å². The van der Waals surface area contributed by atoms with Crippen LogP contribution in [0.4, 0.5) is 0 Å². The fourth-order valence-electron chi connectivity index (χ4n) is 7.30. The number of imidazole rings is 1. The number of nitrogens with one attached hydrogen (secondary N) is 1. The normalized spacial score (nSPS) is 27.2. The molecule has 2 aromatic rings. The van der Waals surface area contributed by atoms with Gasteiger partial charge in [0.05, 0.1) is 12.3 Å². The zero-order chi connectivity index (χ0) is 26.4. The molecular weight excluding hydrogens is 470 g/mol. The fraction of sp³-hybridized carbons (Fsp3) is 0.655. The summed E-state index contributed by atoms with van der Waals surface area (Å²) in [5, 5.41) is 3.24. The lowest BCUT2D eigenvalue weighted by Gasteiger charge is -2.56. The number of amides is 1. The van der Waals surface area contributed by atoms with Gasteiger partial charge in [-0.05, 0) is 102 Å². The molecule has 4 saturated carbocycles. The van der Waals surface area contributed by atoms with E-state index in [1.807, 2.05) is 12.1 Å². The number of fused-ring (bicyclic) bond motifs is 1. The van der Waals surface area contributed by atoms with Crippen LogP contribution in [-0.4, -0.2) is 46.0 Å². The molecule has 1 amide bonds. The lowest BCUT2D eigenvalue weighted by Crippen LogP contribution is -2.51. The summed E-state index contributed by atoms with van der Waals surface area (Å²) in [4.78, 5) is 43.3. The first-order chi connectivity index (χ1) is 17.5. The quantitative estimate of drug-likeness (QED) is 0.420. The van der Waals surface area contributed by atoms with Crippen LogP contribution in [0.1, 0.15) is 82.4 Å². The molecule has 0 aliphatic heterocycles. The number of carbonyl (C=O) groups is 3. The maximum atomic E-state index is 13.3. The highest BCUT2D eigenvalue weighted by molar-refractivity contribution is 5.95. The van der Waals surface area contributed by atoms with Crippen LogP contribution in [0, 0.1) is 29.1 Å². The van der Waals surface area contributed by atoms with Gasteiger partial charge in [-0.3, -0.25) is 18.8 Å². The van der Waals surface area contributed by atoms with Crippen molar-refractivity contribution in [3.63, 3.8) is 0 Å². The van der Waals surface area contributed by atoms with Gasteiger partial charge in [0.2, 0.25) is 0 Å². The number of hydrogen-bond acceptors (Lipinski definition) is 6. The molecule has 4 fully saturated rings. The number of pyridine rings is 1. The van der Waals surface area contributed by atoms with Gasteiger partial charge < -0.3 is 14.8 Å². The summed E-state index contributed by atoms with van der Waals surface area (Å²) in [6, 6.07) is 5.40. The zero-order valence-electron chi connectivity index (χ0n) is 22.4. The van der Waals surface area contributed by atoms with Crippen molar-refractivity contribution in [3.05, 3.63) is 35.8 Å². The van der Waals surface area contributed by atoms with E-state index in [0.717, 1.165) is 24.3 Å². The number of aromatic nitrogens is 2. The third kappa shape index (κ3) is 5.53. The number of hydrogen-bond donors (Lipinski definition) is 1. The van der Waals surface area contributed by atoms with Crippen molar-refractivity contribution in [2.24, 2.45) is 29.1 Å². The summed E-state index contributed by atoms with van der Waals surface area (Å²) >= 11 is 0. The zero-order valence-corrected chi connectivity index (χ0v) is 22.4. The Morgan fingerprint density at radius 2 is 1.73 bits per heavy atom. The fourth-order valence-corrected chi connectivity index (χ4v) is 7.30. The summed E-state index contributed by atoms with van der Waals surface area (Å²) in [7, 11) is 0. The Bertz CT molecular complexity index is 1160. The van der Waals surface area contributed by atoms with Gasteiger partial charge in [-0.15, -0.1) is 0 Å². The second-order valence-electron chi connectivity index (χ2n) is 12.5. The molecule has 37 heavy (non-hydrogen) atoms. The Morgan fingerprint density at radius 1 is 1.08 bits per heavy atom. The van der Waals surface area contributed by atoms with Crippen LogP contribution in [0.3, 0.4) is 0 Å². The van der Waals surface area contributed by atoms with Crippen LogP contribution in [0.25, 0.3) is 5.65 Å². The average molecular weight is 510 g/mol. The lowest BCUT2D eigenvalue weighted by molar-refractivity contribution is -0.169. The highest BCUT2D eigenvalue weighted by Gasteiger charge is 2.50. The van der Waals surface area contributed by atoms with Gasteiger partial charge in [0.1, 0.15) is 16.9 Å². The van der Waals surface area contributed by atoms with Gasteiger partial charge in [0.25, 0.3) is 5.91 Å². The summed E-state index contributed by atoms with van der Waals surface area (Å²) in [5.74, 6) is -0.0314. The van der Waals surface area contributed by atoms with E-state index in [1.54, 1.807) is 44.4 Å². The van der Waals surface area contributed by atoms with E-state index in [-0.39, 0.29) is 24.3 Å². The van der Waals surface area contributed by atoms with Crippen LogP contribution >= 0.6 is 0 Å². The number of rotatable bonds is 8. The molecule has 0 spiro atoms. The minimum Gasteiger partial charge on any atom is -0.465 e. The molecule has 1 atom stereocenters. The van der Waals surface area contributed by atoms with Crippen LogP contribution in [0.5, 0.6) is 0 Å². The summed E-state index contributed by atoms with van der Waals surface area (Å²) in [6.07, 6.45) is 9.59. The second kappa shape index (κ2) is 9.76. The molecule has 2 aromatic heterocycles. The Morgan fingerprint density at radius 3 is 2.32 bits per heavy atom. The Labute approximate surface area is 218 Å². The van der Waals surface area contributed by atoms with Gasteiger partial charge in [-0.2, -0.15) is 0 Å². The van der Waals surface area contributed by atoms with Crippen LogP contribution in [0.15, 0.2) is 24.4 Å². The largest absolute Gasteiger partial charge is 0.465 e. The Hall–Kier alpha value is -2.90. The van der Waals surface area contributed by atoms with E-state index in [9.17, 15) is 14.4 Å². The lowest BCUT2D eigenvalue weighted by atomic mass is 9.49. The number of carbonyl (C=O) groups excluding carboxylic acids is 3. The molecule has 4 aliphatic carbocycles. The standard InChI is InChI=1S/C29H39N3O5/c1-5-36-26(34)22(27(35)37-28(2,3)4)12-21-16-32-23(7-6-8-24(32)31-21)25(33)30-17-29-13-18-9-19(14-29)11-20(10-18)15-29/h6-8,16,18-20,22H,5,9-15,17H2,1-4H3,(H,30,33). The summed E-state index contributed by atoms with van der Waals surface area (Å²) in [5.41, 5.74) is 1.11. The van der Waals surface area contributed by atoms with Crippen molar-refractivity contribution in [1.29, 1.82) is 0 Å². The first kappa shape index (κ1) is 25.7. The van der Waals surface area contributed by atoms with Crippen molar-refractivity contribution in [3.8, 4) is 0 Å². The Balaban J connectivity index is 1.32. The van der Waals surface area contributed by atoms with Gasteiger partial charge in [-0.1, -0.05) is 6.07 Å². The molecule has 1 N–H and O–H groups in total. The molecule has 8 heteroatoms. The maximum Gasteiger partial charge on any atom is 0.321 e. The van der Waals surface area contributed by atoms with Crippen molar-refractivity contribution in [1.82, 2.24) is 14.7 Å². The molecule has 0 aromatic carbocycles. The third-order valence-corrected chi connectivity index (χ3v) is 8.24. The molecule has 200 valence electrons. The van der Waals surface area contributed by atoms with E-state index < -0.39 is 23.5 Å². The number of ether oxygens (including phenoxy) is 2. The van der Waals surface area contributed by atoms with Crippen molar-refractivity contribution in [2.45, 2.75) is 78.2 Å². The number of esters is 2.